The number of pyridine rings is 1. The standard InChI is InChI=1S/C8H7BrF2N2O3/c1-16-8-5(3-9)4(7(10)11)2-6(12-8)13(14)15/h2,7H,3H2,1H3. The summed E-state index contributed by atoms with van der Waals surface area (Å²) < 4.78 is 30.0. The predicted molar refractivity (Wildman–Crippen MR) is 55.0 cm³/mol. The number of rotatable bonds is 4. The van der Waals surface area contributed by atoms with E-state index in [4.69, 9.17) is 4.74 Å². The number of aromatic nitrogens is 1. The van der Waals surface area contributed by atoms with Gasteiger partial charge in [0.1, 0.15) is 0 Å². The predicted octanol–water partition coefficient (Wildman–Crippen LogP) is 2.83. The molecule has 0 radical (unpaired) electrons. The van der Waals surface area contributed by atoms with Crippen LogP contribution in [0.1, 0.15) is 17.6 Å². The van der Waals surface area contributed by atoms with Crippen molar-refractivity contribution in [1.29, 1.82) is 0 Å². The molecule has 0 saturated heterocycles. The highest BCUT2D eigenvalue weighted by atomic mass is 79.9. The normalized spacial score (nSPS) is 10.6. The first-order valence-electron chi connectivity index (χ1n) is 4.07. The number of hydrogen-bond acceptors (Lipinski definition) is 4. The molecule has 1 aromatic rings. The molecule has 1 rings (SSSR count). The van der Waals surface area contributed by atoms with Gasteiger partial charge in [0, 0.05) is 21.9 Å². The third kappa shape index (κ3) is 2.43. The quantitative estimate of drug-likeness (QED) is 0.487. The molecule has 16 heavy (non-hydrogen) atoms. The molecule has 0 aliphatic carbocycles. The largest absolute Gasteiger partial charge is 0.463 e. The molecule has 0 atom stereocenters. The van der Waals surface area contributed by atoms with Crippen LogP contribution in [0, 0.1) is 10.1 Å². The number of ether oxygens (including phenoxy) is 1. The summed E-state index contributed by atoms with van der Waals surface area (Å²) in [6, 6.07) is 0.754. The van der Waals surface area contributed by atoms with E-state index in [1.807, 2.05) is 0 Å². The average Bonchev–Trinajstić information content (AvgIpc) is 2.26. The van der Waals surface area contributed by atoms with Crippen LogP contribution in [-0.2, 0) is 5.33 Å². The Balaban J connectivity index is 3.43. The van der Waals surface area contributed by atoms with E-state index < -0.39 is 22.7 Å². The van der Waals surface area contributed by atoms with E-state index in [0.717, 1.165) is 6.07 Å². The maximum Gasteiger partial charge on any atom is 0.368 e. The Labute approximate surface area is 97.7 Å². The first-order chi connectivity index (χ1) is 7.51. The molecule has 5 nitrogen and oxygen atoms in total. The lowest BCUT2D eigenvalue weighted by atomic mass is 10.1. The SMILES string of the molecule is COc1nc([N+](=O)[O-])cc(C(F)F)c1CBr. The fraction of sp³-hybridized carbons (Fsp3) is 0.375. The minimum atomic E-state index is -2.82. The molecule has 0 aromatic carbocycles. The van der Waals surface area contributed by atoms with E-state index in [1.165, 1.54) is 7.11 Å². The summed E-state index contributed by atoms with van der Waals surface area (Å²) in [5.74, 6) is -0.821. The van der Waals surface area contributed by atoms with E-state index in [9.17, 15) is 18.9 Å². The number of halogens is 3. The van der Waals surface area contributed by atoms with Gasteiger partial charge in [0.25, 0.3) is 6.43 Å². The van der Waals surface area contributed by atoms with Gasteiger partial charge in [-0.3, -0.25) is 0 Å². The topological polar surface area (TPSA) is 65.3 Å². The van der Waals surface area contributed by atoms with Crippen molar-refractivity contribution in [3.05, 3.63) is 27.3 Å². The van der Waals surface area contributed by atoms with Crippen LogP contribution in [0.5, 0.6) is 5.88 Å². The number of nitrogens with zero attached hydrogens (tertiary/aromatic N) is 2. The van der Waals surface area contributed by atoms with Crippen molar-refractivity contribution in [2.24, 2.45) is 0 Å². The van der Waals surface area contributed by atoms with Crippen molar-refractivity contribution in [2.75, 3.05) is 7.11 Å². The molecule has 88 valence electrons. The number of alkyl halides is 3. The average molecular weight is 297 g/mol. The van der Waals surface area contributed by atoms with Gasteiger partial charge >= 0.3 is 11.7 Å². The highest BCUT2D eigenvalue weighted by molar-refractivity contribution is 9.08. The Morgan fingerprint density at radius 1 is 1.69 bits per heavy atom. The second-order valence-corrected chi connectivity index (χ2v) is 3.31. The smallest absolute Gasteiger partial charge is 0.368 e. The molecule has 0 aliphatic heterocycles. The van der Waals surface area contributed by atoms with Gasteiger partial charge < -0.3 is 14.9 Å². The van der Waals surface area contributed by atoms with Crippen LogP contribution in [0.2, 0.25) is 0 Å². The zero-order valence-corrected chi connectivity index (χ0v) is 9.70. The highest BCUT2D eigenvalue weighted by Gasteiger charge is 2.25. The molecule has 0 aliphatic rings. The van der Waals surface area contributed by atoms with Gasteiger partial charge in [-0.1, -0.05) is 15.9 Å². The Kier molecular flexibility index (Phi) is 4.11. The summed E-state index contributed by atoms with van der Waals surface area (Å²) in [6.45, 7) is 0. The first kappa shape index (κ1) is 12.8. The Morgan fingerprint density at radius 3 is 2.69 bits per heavy atom. The van der Waals surface area contributed by atoms with E-state index >= 15 is 0 Å². The van der Waals surface area contributed by atoms with Gasteiger partial charge in [-0.2, -0.15) is 0 Å². The lowest BCUT2D eigenvalue weighted by Crippen LogP contribution is -2.03. The van der Waals surface area contributed by atoms with Gasteiger partial charge in [-0.05, 0) is 4.92 Å². The maximum atomic E-state index is 12.6. The van der Waals surface area contributed by atoms with Crippen molar-refractivity contribution in [3.8, 4) is 5.88 Å². The lowest BCUT2D eigenvalue weighted by molar-refractivity contribution is -0.389. The van der Waals surface area contributed by atoms with E-state index in [1.54, 1.807) is 0 Å². The summed E-state index contributed by atoms with van der Waals surface area (Å²) in [5, 5.41) is 10.6. The van der Waals surface area contributed by atoms with Crippen molar-refractivity contribution in [2.45, 2.75) is 11.8 Å². The number of hydrogen-bond donors (Lipinski definition) is 0. The number of methoxy groups -OCH3 is 1. The van der Waals surface area contributed by atoms with Crippen molar-refractivity contribution >= 4 is 21.7 Å². The fourth-order valence-corrected chi connectivity index (χ4v) is 1.71. The van der Waals surface area contributed by atoms with Crippen LogP contribution in [0.3, 0.4) is 0 Å². The Hall–Kier alpha value is -1.31. The number of nitro groups is 1. The van der Waals surface area contributed by atoms with Crippen molar-refractivity contribution < 1.29 is 18.4 Å². The molecule has 0 unspecified atom stereocenters. The van der Waals surface area contributed by atoms with Gasteiger partial charge in [0.15, 0.2) is 0 Å². The molecule has 0 spiro atoms. The molecule has 0 bridgehead atoms. The third-order valence-electron chi connectivity index (χ3n) is 1.86. The zero-order chi connectivity index (χ0) is 12.3. The third-order valence-corrected chi connectivity index (χ3v) is 2.42. The molecule has 0 fully saturated rings. The first-order valence-corrected chi connectivity index (χ1v) is 5.19. The summed E-state index contributed by atoms with van der Waals surface area (Å²) >= 11 is 3.01. The summed E-state index contributed by atoms with van der Waals surface area (Å²) in [7, 11) is 1.22. The van der Waals surface area contributed by atoms with Gasteiger partial charge in [0.05, 0.1) is 12.7 Å². The highest BCUT2D eigenvalue weighted by Crippen LogP contribution is 2.33. The molecular formula is C8H7BrF2N2O3. The molecule has 1 aromatic heterocycles. The van der Waals surface area contributed by atoms with Crippen LogP contribution in [0.25, 0.3) is 0 Å². The summed E-state index contributed by atoms with van der Waals surface area (Å²) in [5.41, 5.74) is -0.335. The van der Waals surface area contributed by atoms with Gasteiger partial charge in [-0.25, -0.2) is 8.78 Å². The molecule has 8 heteroatoms. The van der Waals surface area contributed by atoms with E-state index in [0.29, 0.717) is 0 Å². The second-order valence-electron chi connectivity index (χ2n) is 2.75. The molecular weight excluding hydrogens is 290 g/mol. The maximum absolute atomic E-state index is 12.6. The van der Waals surface area contributed by atoms with Gasteiger partial charge in [0.2, 0.25) is 0 Å². The van der Waals surface area contributed by atoms with Crippen LogP contribution in [0.15, 0.2) is 6.07 Å². The molecule has 1 heterocycles. The lowest BCUT2D eigenvalue weighted by Gasteiger charge is -2.07. The monoisotopic (exact) mass is 296 g/mol. The van der Waals surface area contributed by atoms with E-state index in [-0.39, 0.29) is 16.8 Å². The van der Waals surface area contributed by atoms with Crippen LogP contribution >= 0.6 is 15.9 Å². The van der Waals surface area contributed by atoms with Crippen LogP contribution < -0.4 is 4.74 Å². The summed E-state index contributed by atoms with van der Waals surface area (Å²) in [6.07, 6.45) is -2.82. The van der Waals surface area contributed by atoms with Gasteiger partial charge in [-0.15, -0.1) is 0 Å². The molecule has 0 N–H and O–H groups in total. The minimum Gasteiger partial charge on any atom is -0.463 e. The fourth-order valence-electron chi connectivity index (χ4n) is 1.14. The molecule has 0 saturated carbocycles. The Morgan fingerprint density at radius 2 is 2.31 bits per heavy atom. The summed E-state index contributed by atoms with van der Waals surface area (Å²) in [4.78, 5) is 13.2. The van der Waals surface area contributed by atoms with Crippen molar-refractivity contribution in [1.82, 2.24) is 4.98 Å². The van der Waals surface area contributed by atoms with Crippen LogP contribution in [-0.4, -0.2) is 17.0 Å². The zero-order valence-electron chi connectivity index (χ0n) is 8.11. The molecule has 0 amide bonds. The van der Waals surface area contributed by atoms with Crippen molar-refractivity contribution in [3.63, 3.8) is 0 Å². The Bertz CT molecular complexity index is 415. The minimum absolute atomic E-state index is 0.0842. The van der Waals surface area contributed by atoms with E-state index in [2.05, 4.69) is 20.9 Å². The second kappa shape index (κ2) is 5.15. The van der Waals surface area contributed by atoms with Crippen LogP contribution in [0.4, 0.5) is 14.6 Å².